The number of hydrogen-bond acceptors (Lipinski definition) is 3. The first-order chi connectivity index (χ1) is 15.8. The molecular weight excluding hydrogens is 412 g/mol. The van der Waals surface area contributed by atoms with E-state index in [4.69, 9.17) is 4.42 Å². The van der Waals surface area contributed by atoms with Gasteiger partial charge in [-0.1, -0.05) is 45.0 Å². The maximum atomic E-state index is 12.8. The second-order valence-corrected chi connectivity index (χ2v) is 10.2. The van der Waals surface area contributed by atoms with Crippen molar-refractivity contribution in [2.75, 3.05) is 11.9 Å². The van der Waals surface area contributed by atoms with Crippen molar-refractivity contribution in [3.8, 4) is 11.3 Å². The molecular formula is C28H30N2O3. The van der Waals surface area contributed by atoms with Gasteiger partial charge < -0.3 is 14.6 Å². The Morgan fingerprint density at radius 1 is 1.03 bits per heavy atom. The van der Waals surface area contributed by atoms with Crippen molar-refractivity contribution in [2.24, 2.45) is 5.92 Å². The molecule has 5 rings (SSSR count). The lowest BCUT2D eigenvalue weighted by atomic mass is 9.87. The molecule has 2 heterocycles. The van der Waals surface area contributed by atoms with Crippen LogP contribution < -0.4 is 5.32 Å². The summed E-state index contributed by atoms with van der Waals surface area (Å²) in [6.07, 6.45) is 2.80. The standard InChI is InChI=1S/C28H30N2O3/c1-28(2,3)22-11-9-18(10-12-22)26(31)29-23-6-4-5-20(15-23)25-16-21-17-30(14-13-24(21)33-25)27(32)19-7-8-19/h4-6,9-12,15-16,19H,7-8,13-14,17H2,1-3H3,(H,29,31). The number of hydrogen-bond donors (Lipinski definition) is 1. The summed E-state index contributed by atoms with van der Waals surface area (Å²) < 4.78 is 6.14. The molecule has 1 fully saturated rings. The number of anilines is 1. The lowest BCUT2D eigenvalue weighted by Crippen LogP contribution is -2.36. The van der Waals surface area contributed by atoms with Crippen LogP contribution >= 0.6 is 0 Å². The molecule has 170 valence electrons. The first-order valence-electron chi connectivity index (χ1n) is 11.7. The molecule has 5 heteroatoms. The molecule has 0 spiro atoms. The first kappa shape index (κ1) is 21.5. The molecule has 1 N–H and O–H groups in total. The van der Waals surface area contributed by atoms with Crippen molar-refractivity contribution in [3.63, 3.8) is 0 Å². The van der Waals surface area contributed by atoms with E-state index < -0.39 is 0 Å². The fourth-order valence-corrected chi connectivity index (χ4v) is 4.33. The molecule has 5 nitrogen and oxygen atoms in total. The topological polar surface area (TPSA) is 62.6 Å². The van der Waals surface area contributed by atoms with Crippen LogP contribution in [0, 0.1) is 5.92 Å². The van der Waals surface area contributed by atoms with Crippen LogP contribution in [0.25, 0.3) is 11.3 Å². The van der Waals surface area contributed by atoms with Crippen LogP contribution in [0.2, 0.25) is 0 Å². The number of amides is 2. The lowest BCUT2D eigenvalue weighted by molar-refractivity contribution is -0.133. The third-order valence-corrected chi connectivity index (χ3v) is 6.52. The number of nitrogens with zero attached hydrogens (tertiary/aromatic N) is 1. The van der Waals surface area contributed by atoms with Gasteiger partial charge in [-0.25, -0.2) is 0 Å². The Kier molecular flexibility index (Phi) is 5.35. The molecule has 0 radical (unpaired) electrons. The molecule has 2 aliphatic rings. The molecule has 2 aromatic carbocycles. The Hall–Kier alpha value is -3.34. The minimum absolute atomic E-state index is 0.0494. The average molecular weight is 443 g/mol. The van der Waals surface area contributed by atoms with Gasteiger partial charge in [0, 0.05) is 47.8 Å². The molecule has 1 aromatic heterocycles. The van der Waals surface area contributed by atoms with Crippen molar-refractivity contribution in [1.82, 2.24) is 4.90 Å². The van der Waals surface area contributed by atoms with Crippen LogP contribution in [0.5, 0.6) is 0 Å². The van der Waals surface area contributed by atoms with Crippen molar-refractivity contribution in [2.45, 2.75) is 52.0 Å². The van der Waals surface area contributed by atoms with E-state index in [1.807, 2.05) is 59.5 Å². The van der Waals surface area contributed by atoms with E-state index in [0.717, 1.165) is 54.1 Å². The second kappa shape index (κ2) is 8.22. The summed E-state index contributed by atoms with van der Waals surface area (Å²) >= 11 is 0. The van der Waals surface area contributed by atoms with Crippen LogP contribution in [0.4, 0.5) is 5.69 Å². The Morgan fingerprint density at radius 2 is 1.79 bits per heavy atom. The molecule has 1 saturated carbocycles. The second-order valence-electron chi connectivity index (χ2n) is 10.2. The lowest BCUT2D eigenvalue weighted by Gasteiger charge is -2.26. The monoisotopic (exact) mass is 442 g/mol. The minimum Gasteiger partial charge on any atom is -0.461 e. The summed E-state index contributed by atoms with van der Waals surface area (Å²) in [6.45, 7) is 7.81. The van der Waals surface area contributed by atoms with Gasteiger partial charge in [-0.15, -0.1) is 0 Å². The van der Waals surface area contributed by atoms with Gasteiger partial charge in [-0.05, 0) is 54.2 Å². The number of rotatable bonds is 4. The molecule has 2 amide bonds. The highest BCUT2D eigenvalue weighted by Crippen LogP contribution is 2.35. The van der Waals surface area contributed by atoms with E-state index >= 15 is 0 Å². The van der Waals surface area contributed by atoms with Gasteiger partial charge >= 0.3 is 0 Å². The van der Waals surface area contributed by atoms with Gasteiger partial charge in [-0.2, -0.15) is 0 Å². The average Bonchev–Trinajstić information content (AvgIpc) is 3.56. The van der Waals surface area contributed by atoms with Crippen LogP contribution in [-0.2, 0) is 23.2 Å². The first-order valence-corrected chi connectivity index (χ1v) is 11.7. The van der Waals surface area contributed by atoms with Crippen molar-refractivity contribution in [3.05, 3.63) is 77.0 Å². The number of carbonyl (C=O) groups excluding carboxylic acids is 2. The minimum atomic E-state index is -0.138. The fraction of sp³-hybridized carbons (Fsp3) is 0.357. The Balaban J connectivity index is 1.30. The third-order valence-electron chi connectivity index (χ3n) is 6.52. The summed E-state index contributed by atoms with van der Waals surface area (Å²) in [7, 11) is 0. The van der Waals surface area contributed by atoms with E-state index in [2.05, 4.69) is 26.1 Å². The zero-order valence-electron chi connectivity index (χ0n) is 19.5. The van der Waals surface area contributed by atoms with Gasteiger partial charge in [-0.3, -0.25) is 9.59 Å². The van der Waals surface area contributed by atoms with Gasteiger partial charge in [0.1, 0.15) is 11.5 Å². The Morgan fingerprint density at radius 3 is 2.48 bits per heavy atom. The summed E-state index contributed by atoms with van der Waals surface area (Å²) in [5, 5.41) is 3.00. The Labute approximate surface area is 194 Å². The molecule has 0 atom stereocenters. The normalized spacial score (nSPS) is 15.8. The van der Waals surface area contributed by atoms with Crippen LogP contribution in [0.3, 0.4) is 0 Å². The quantitative estimate of drug-likeness (QED) is 0.556. The van der Waals surface area contributed by atoms with Crippen LogP contribution in [-0.4, -0.2) is 23.3 Å². The number of benzene rings is 2. The molecule has 0 unspecified atom stereocenters. The maximum Gasteiger partial charge on any atom is 0.255 e. The molecule has 1 aliphatic carbocycles. The maximum absolute atomic E-state index is 12.8. The zero-order valence-corrected chi connectivity index (χ0v) is 19.5. The number of nitrogens with one attached hydrogen (secondary N) is 1. The fourth-order valence-electron chi connectivity index (χ4n) is 4.33. The SMILES string of the molecule is CC(C)(C)c1ccc(C(=O)Nc2cccc(-c3cc4c(o3)CCN(C(=O)C3CC3)C4)c2)cc1. The van der Waals surface area contributed by atoms with E-state index in [-0.39, 0.29) is 23.1 Å². The van der Waals surface area contributed by atoms with Crippen molar-refractivity contribution < 1.29 is 14.0 Å². The number of carbonyl (C=O) groups is 2. The van der Waals surface area contributed by atoms with E-state index in [9.17, 15) is 9.59 Å². The highest BCUT2D eigenvalue weighted by atomic mass is 16.3. The van der Waals surface area contributed by atoms with Crippen LogP contribution in [0.15, 0.2) is 59.0 Å². The molecule has 33 heavy (non-hydrogen) atoms. The van der Waals surface area contributed by atoms with E-state index in [0.29, 0.717) is 12.1 Å². The summed E-state index contributed by atoms with van der Waals surface area (Å²) in [4.78, 5) is 27.2. The van der Waals surface area contributed by atoms with E-state index in [1.165, 1.54) is 5.56 Å². The van der Waals surface area contributed by atoms with Gasteiger partial charge in [0.15, 0.2) is 0 Å². The highest BCUT2D eigenvalue weighted by molar-refractivity contribution is 6.04. The predicted octanol–water partition coefficient (Wildman–Crippen LogP) is 5.79. The molecule has 0 saturated heterocycles. The molecule has 1 aliphatic heterocycles. The van der Waals surface area contributed by atoms with Gasteiger partial charge in [0.2, 0.25) is 5.91 Å². The predicted molar refractivity (Wildman–Crippen MR) is 129 cm³/mol. The van der Waals surface area contributed by atoms with E-state index in [1.54, 1.807) is 0 Å². The number of furan rings is 1. The Bertz CT molecular complexity index is 1200. The number of fused-ring (bicyclic) bond motifs is 1. The van der Waals surface area contributed by atoms with Crippen molar-refractivity contribution >= 4 is 17.5 Å². The van der Waals surface area contributed by atoms with Crippen LogP contribution in [0.1, 0.15) is 60.9 Å². The summed E-state index contributed by atoms with van der Waals surface area (Å²) in [5.41, 5.74) is 4.58. The van der Waals surface area contributed by atoms with Crippen molar-refractivity contribution in [1.29, 1.82) is 0 Å². The largest absolute Gasteiger partial charge is 0.461 e. The third kappa shape index (κ3) is 4.58. The zero-order chi connectivity index (χ0) is 23.2. The highest BCUT2D eigenvalue weighted by Gasteiger charge is 2.35. The molecule has 3 aromatic rings. The van der Waals surface area contributed by atoms with Gasteiger partial charge in [0.25, 0.3) is 5.91 Å². The smallest absolute Gasteiger partial charge is 0.255 e. The summed E-state index contributed by atoms with van der Waals surface area (Å²) in [5.74, 6) is 2.11. The molecule has 0 bridgehead atoms. The van der Waals surface area contributed by atoms with Gasteiger partial charge in [0.05, 0.1) is 0 Å². The summed E-state index contributed by atoms with van der Waals surface area (Å²) in [6, 6.07) is 17.5.